The van der Waals surface area contributed by atoms with Crippen molar-refractivity contribution in [3.05, 3.63) is 23.4 Å². The second-order valence-corrected chi connectivity index (χ2v) is 4.22. The normalized spacial score (nSPS) is 42.2. The summed E-state index contributed by atoms with van der Waals surface area (Å²) in [5.74, 6) is 2.70. The molecule has 0 aromatic carbocycles. The lowest BCUT2D eigenvalue weighted by Crippen LogP contribution is -2.10. The van der Waals surface area contributed by atoms with Crippen LogP contribution in [-0.2, 0) is 0 Å². The maximum Gasteiger partial charge on any atom is 0.0335 e. The van der Waals surface area contributed by atoms with Gasteiger partial charge in [0.05, 0.1) is 0 Å². The van der Waals surface area contributed by atoms with Crippen LogP contribution >= 0.6 is 0 Å². The summed E-state index contributed by atoms with van der Waals surface area (Å²) in [4.78, 5) is 0. The number of hydrogen-bond donors (Lipinski definition) is 1. The number of nitrogens with one attached hydrogen (secondary N) is 1. The number of fused-ring (bicyclic) bond motifs is 2. The molecule has 3 atom stereocenters. The fourth-order valence-corrected chi connectivity index (χ4v) is 2.69. The van der Waals surface area contributed by atoms with E-state index in [9.17, 15) is 0 Å². The van der Waals surface area contributed by atoms with E-state index in [4.69, 9.17) is 0 Å². The van der Waals surface area contributed by atoms with E-state index >= 15 is 0 Å². The van der Waals surface area contributed by atoms with Crippen molar-refractivity contribution in [3.63, 3.8) is 0 Å². The lowest BCUT2D eigenvalue weighted by molar-refractivity contribution is 0.580. The molecule has 0 aromatic rings. The lowest BCUT2D eigenvalue weighted by Gasteiger charge is -2.12. The molecule has 1 aliphatic heterocycles. The van der Waals surface area contributed by atoms with E-state index in [1.807, 2.05) is 0 Å². The summed E-state index contributed by atoms with van der Waals surface area (Å²) in [6, 6.07) is 0. The Balaban J connectivity index is 1.98. The van der Waals surface area contributed by atoms with Gasteiger partial charge < -0.3 is 5.32 Å². The summed E-state index contributed by atoms with van der Waals surface area (Å²) >= 11 is 0. The van der Waals surface area contributed by atoms with Gasteiger partial charge in [0.25, 0.3) is 0 Å². The van der Waals surface area contributed by atoms with Crippen LogP contribution in [0, 0.1) is 17.8 Å². The Morgan fingerprint density at radius 1 is 1.58 bits per heavy atom. The first-order valence-corrected chi connectivity index (χ1v) is 5.06. The smallest absolute Gasteiger partial charge is 0.0335 e. The molecular formula is C11H15N. The zero-order valence-corrected chi connectivity index (χ0v) is 7.51. The van der Waals surface area contributed by atoms with Crippen molar-refractivity contribution in [3.8, 4) is 0 Å². The minimum absolute atomic E-state index is 0.847. The zero-order chi connectivity index (χ0) is 8.13. The summed E-state index contributed by atoms with van der Waals surface area (Å²) < 4.78 is 0. The third kappa shape index (κ3) is 0.742. The summed E-state index contributed by atoms with van der Waals surface area (Å²) in [5.41, 5.74) is 3.21. The maximum absolute atomic E-state index is 3.51. The van der Waals surface area contributed by atoms with Crippen LogP contribution in [0.15, 0.2) is 23.4 Å². The Labute approximate surface area is 73.5 Å². The van der Waals surface area contributed by atoms with Crippen LogP contribution in [0.4, 0.5) is 0 Å². The molecule has 1 saturated carbocycles. The Bertz CT molecular complexity index is 275. The molecule has 2 aliphatic carbocycles. The second-order valence-electron chi connectivity index (χ2n) is 4.22. The highest BCUT2D eigenvalue weighted by Gasteiger charge is 2.45. The molecule has 1 nitrogen and oxygen atoms in total. The fourth-order valence-electron chi connectivity index (χ4n) is 2.69. The first-order chi connectivity index (χ1) is 5.90. The molecule has 1 N–H and O–H groups in total. The third-order valence-corrected chi connectivity index (χ3v) is 3.53. The van der Waals surface area contributed by atoms with E-state index in [-0.39, 0.29) is 0 Å². The molecule has 3 aliphatic rings. The van der Waals surface area contributed by atoms with Crippen molar-refractivity contribution in [2.45, 2.75) is 19.8 Å². The van der Waals surface area contributed by atoms with Gasteiger partial charge in [-0.3, -0.25) is 0 Å². The van der Waals surface area contributed by atoms with Gasteiger partial charge >= 0.3 is 0 Å². The van der Waals surface area contributed by atoms with E-state index in [0.717, 1.165) is 17.8 Å². The van der Waals surface area contributed by atoms with Gasteiger partial charge in [0.1, 0.15) is 0 Å². The molecule has 12 heavy (non-hydrogen) atoms. The quantitative estimate of drug-likeness (QED) is 0.621. The van der Waals surface area contributed by atoms with Gasteiger partial charge in [0.2, 0.25) is 0 Å². The predicted molar refractivity (Wildman–Crippen MR) is 49.5 cm³/mol. The molecule has 0 saturated heterocycles. The largest absolute Gasteiger partial charge is 0.384 e. The molecule has 1 fully saturated rings. The lowest BCUT2D eigenvalue weighted by atomic mass is 9.91. The first-order valence-electron chi connectivity index (χ1n) is 5.06. The highest BCUT2D eigenvalue weighted by Crippen LogP contribution is 2.52. The summed E-state index contributed by atoms with van der Waals surface area (Å²) in [6.07, 6.45) is 7.42. The van der Waals surface area contributed by atoms with Crippen molar-refractivity contribution in [1.82, 2.24) is 5.32 Å². The topological polar surface area (TPSA) is 12.0 Å². The summed E-state index contributed by atoms with van der Waals surface area (Å²) in [5, 5.41) is 3.51. The van der Waals surface area contributed by atoms with Crippen LogP contribution in [-0.4, -0.2) is 6.54 Å². The monoisotopic (exact) mass is 161 g/mol. The molecule has 1 heterocycles. The van der Waals surface area contributed by atoms with Gasteiger partial charge in [-0.25, -0.2) is 0 Å². The van der Waals surface area contributed by atoms with E-state index < -0.39 is 0 Å². The van der Waals surface area contributed by atoms with Crippen LogP contribution < -0.4 is 5.32 Å². The standard InChI is InChI=1S/C11H15N/c1-2-7-6-12-10-4-3-8-5-9(8)11(7)10/h3-4,7-9,12H,2,5-6H2,1H3. The Kier molecular flexibility index (Phi) is 1.21. The van der Waals surface area contributed by atoms with Gasteiger partial charge in [-0.2, -0.15) is 0 Å². The van der Waals surface area contributed by atoms with Crippen molar-refractivity contribution >= 4 is 0 Å². The molecular weight excluding hydrogens is 146 g/mol. The molecule has 0 amide bonds. The predicted octanol–water partition coefficient (Wildman–Crippen LogP) is 2.08. The van der Waals surface area contributed by atoms with Crippen LogP contribution in [0.2, 0.25) is 0 Å². The molecule has 3 unspecified atom stereocenters. The van der Waals surface area contributed by atoms with Gasteiger partial charge in [-0.05, 0) is 42.2 Å². The average molecular weight is 161 g/mol. The average Bonchev–Trinajstić information content (AvgIpc) is 2.78. The number of allylic oxidation sites excluding steroid dienone is 2. The summed E-state index contributed by atoms with van der Waals surface area (Å²) in [6.45, 7) is 3.49. The van der Waals surface area contributed by atoms with Gasteiger partial charge in [0, 0.05) is 12.2 Å². The van der Waals surface area contributed by atoms with Crippen LogP contribution in [0.5, 0.6) is 0 Å². The van der Waals surface area contributed by atoms with Crippen molar-refractivity contribution in [2.24, 2.45) is 17.8 Å². The minimum atomic E-state index is 0.847. The first kappa shape index (κ1) is 6.76. The van der Waals surface area contributed by atoms with Gasteiger partial charge in [-0.15, -0.1) is 0 Å². The van der Waals surface area contributed by atoms with E-state index in [1.54, 1.807) is 5.57 Å². The Morgan fingerprint density at radius 2 is 2.50 bits per heavy atom. The molecule has 0 aromatic heterocycles. The van der Waals surface area contributed by atoms with Crippen molar-refractivity contribution < 1.29 is 0 Å². The van der Waals surface area contributed by atoms with E-state index in [0.29, 0.717) is 0 Å². The molecule has 0 bridgehead atoms. The van der Waals surface area contributed by atoms with Crippen molar-refractivity contribution in [2.75, 3.05) is 6.54 Å². The molecule has 0 radical (unpaired) electrons. The van der Waals surface area contributed by atoms with Crippen LogP contribution in [0.3, 0.4) is 0 Å². The van der Waals surface area contributed by atoms with Gasteiger partial charge in [0.15, 0.2) is 0 Å². The highest BCUT2D eigenvalue weighted by molar-refractivity contribution is 5.41. The highest BCUT2D eigenvalue weighted by atomic mass is 14.9. The number of rotatable bonds is 1. The van der Waals surface area contributed by atoms with Crippen molar-refractivity contribution in [1.29, 1.82) is 0 Å². The number of hydrogen-bond acceptors (Lipinski definition) is 1. The summed E-state index contributed by atoms with van der Waals surface area (Å²) in [7, 11) is 0. The molecule has 1 heteroatoms. The van der Waals surface area contributed by atoms with E-state index in [1.165, 1.54) is 25.1 Å². The molecule has 64 valence electrons. The van der Waals surface area contributed by atoms with Gasteiger partial charge in [-0.1, -0.05) is 13.0 Å². The molecule has 0 spiro atoms. The van der Waals surface area contributed by atoms with Crippen LogP contribution in [0.25, 0.3) is 0 Å². The van der Waals surface area contributed by atoms with Crippen LogP contribution in [0.1, 0.15) is 19.8 Å². The zero-order valence-electron chi connectivity index (χ0n) is 7.51. The SMILES string of the molecule is CCC1CNC2=C1C1CC1C=C2. The Morgan fingerprint density at radius 3 is 3.33 bits per heavy atom. The third-order valence-electron chi connectivity index (χ3n) is 3.53. The fraction of sp³-hybridized carbons (Fsp3) is 0.636. The van der Waals surface area contributed by atoms with E-state index in [2.05, 4.69) is 24.4 Å². The Hall–Kier alpha value is -0.720. The second kappa shape index (κ2) is 2.15. The molecule has 3 rings (SSSR count). The minimum Gasteiger partial charge on any atom is -0.384 e. The maximum atomic E-state index is 3.51.